The molecule has 0 bridgehead atoms. The van der Waals surface area contributed by atoms with Crippen molar-refractivity contribution in [2.75, 3.05) is 32.2 Å². The molecule has 23 heavy (non-hydrogen) atoms. The van der Waals surface area contributed by atoms with Crippen LogP contribution in [0.4, 0.5) is 5.95 Å². The molecule has 0 spiro atoms. The molecular weight excluding hydrogens is 296 g/mol. The Bertz CT molecular complexity index is 673. The second-order valence-corrected chi connectivity index (χ2v) is 6.54. The standard InChI is InChI=1S/C15H22N6O2/c1-20(2)15-16-14(23-18-15)10-3-4-12-13(9-10)21(19-17-12)11-5-7-22-8-6-11/h10-11H,3-9H2,1-2H3. The SMILES string of the molecule is CN(C)c1noc(C2CCc3nnn(C4CCOCC4)c3C2)n1. The van der Waals surface area contributed by atoms with Crippen LogP contribution in [0, 0.1) is 0 Å². The average Bonchev–Trinajstić information content (AvgIpc) is 3.22. The molecule has 1 fully saturated rings. The Morgan fingerprint density at radius 2 is 2.00 bits per heavy atom. The summed E-state index contributed by atoms with van der Waals surface area (Å²) in [6, 6.07) is 0.402. The topological polar surface area (TPSA) is 82.1 Å². The zero-order chi connectivity index (χ0) is 15.8. The molecule has 2 aromatic rings. The minimum absolute atomic E-state index is 0.251. The van der Waals surface area contributed by atoms with Gasteiger partial charge >= 0.3 is 0 Å². The molecule has 8 nitrogen and oxygen atoms in total. The Morgan fingerprint density at radius 3 is 2.74 bits per heavy atom. The van der Waals surface area contributed by atoms with Crippen molar-refractivity contribution < 1.29 is 9.26 Å². The minimum Gasteiger partial charge on any atom is -0.381 e. The lowest BCUT2D eigenvalue weighted by Gasteiger charge is -2.26. The summed E-state index contributed by atoms with van der Waals surface area (Å²) in [5, 5.41) is 12.8. The van der Waals surface area contributed by atoms with E-state index in [1.165, 1.54) is 5.69 Å². The summed E-state index contributed by atoms with van der Waals surface area (Å²) in [4.78, 5) is 6.37. The van der Waals surface area contributed by atoms with Crippen molar-refractivity contribution in [3.63, 3.8) is 0 Å². The molecule has 1 saturated heterocycles. The van der Waals surface area contributed by atoms with E-state index in [1.54, 1.807) is 0 Å². The van der Waals surface area contributed by atoms with Crippen molar-refractivity contribution in [2.45, 2.75) is 44.1 Å². The van der Waals surface area contributed by atoms with Crippen LogP contribution >= 0.6 is 0 Å². The van der Waals surface area contributed by atoms with Crippen molar-refractivity contribution in [1.29, 1.82) is 0 Å². The van der Waals surface area contributed by atoms with E-state index in [2.05, 4.69) is 25.1 Å². The highest BCUT2D eigenvalue weighted by molar-refractivity contribution is 5.26. The largest absolute Gasteiger partial charge is 0.381 e. The molecule has 124 valence electrons. The Balaban J connectivity index is 1.56. The van der Waals surface area contributed by atoms with E-state index in [9.17, 15) is 0 Å². The predicted molar refractivity (Wildman–Crippen MR) is 82.5 cm³/mol. The third-order valence-corrected chi connectivity index (χ3v) is 4.76. The number of aromatic nitrogens is 5. The molecule has 0 N–H and O–H groups in total. The van der Waals surface area contributed by atoms with Gasteiger partial charge in [0.1, 0.15) is 0 Å². The molecule has 0 amide bonds. The smallest absolute Gasteiger partial charge is 0.265 e. The van der Waals surface area contributed by atoms with E-state index in [0.29, 0.717) is 12.0 Å². The molecule has 8 heteroatoms. The highest BCUT2D eigenvalue weighted by atomic mass is 16.5. The Morgan fingerprint density at radius 1 is 1.17 bits per heavy atom. The average molecular weight is 318 g/mol. The first-order valence-corrected chi connectivity index (χ1v) is 8.24. The van der Waals surface area contributed by atoms with Gasteiger partial charge in [0.2, 0.25) is 5.89 Å². The summed E-state index contributed by atoms with van der Waals surface area (Å²) in [6.07, 6.45) is 4.78. The van der Waals surface area contributed by atoms with Crippen LogP contribution in [0.25, 0.3) is 0 Å². The van der Waals surface area contributed by atoms with Crippen molar-refractivity contribution in [3.05, 3.63) is 17.3 Å². The zero-order valence-electron chi connectivity index (χ0n) is 13.6. The first-order chi connectivity index (χ1) is 11.2. The van der Waals surface area contributed by atoms with Crippen LogP contribution in [-0.4, -0.2) is 52.4 Å². The monoisotopic (exact) mass is 318 g/mol. The molecule has 0 radical (unpaired) electrons. The number of nitrogens with zero attached hydrogens (tertiary/aromatic N) is 6. The fraction of sp³-hybridized carbons (Fsp3) is 0.733. The van der Waals surface area contributed by atoms with Gasteiger partial charge < -0.3 is 14.2 Å². The number of hydrogen-bond donors (Lipinski definition) is 0. The third kappa shape index (κ3) is 2.71. The summed E-state index contributed by atoms with van der Waals surface area (Å²) in [5.41, 5.74) is 2.36. The Kier molecular flexibility index (Phi) is 3.76. The maximum Gasteiger partial charge on any atom is 0.265 e. The van der Waals surface area contributed by atoms with Crippen LogP contribution in [0.3, 0.4) is 0 Å². The van der Waals surface area contributed by atoms with Crippen LogP contribution in [0.15, 0.2) is 4.52 Å². The number of rotatable bonds is 3. The van der Waals surface area contributed by atoms with E-state index in [1.807, 2.05) is 19.0 Å². The molecule has 1 unspecified atom stereocenters. The molecule has 1 aliphatic carbocycles. The van der Waals surface area contributed by atoms with Crippen molar-refractivity contribution in [1.82, 2.24) is 25.1 Å². The lowest BCUT2D eigenvalue weighted by atomic mass is 9.89. The molecule has 2 aliphatic rings. The van der Waals surface area contributed by atoms with Crippen molar-refractivity contribution >= 4 is 5.95 Å². The van der Waals surface area contributed by atoms with Crippen molar-refractivity contribution in [2.24, 2.45) is 0 Å². The molecule has 1 aliphatic heterocycles. The van der Waals surface area contributed by atoms with Crippen molar-refractivity contribution in [3.8, 4) is 0 Å². The number of aryl methyl sites for hydroxylation is 1. The molecule has 0 aromatic carbocycles. The van der Waals surface area contributed by atoms with Crippen LogP contribution in [0.1, 0.15) is 48.5 Å². The minimum atomic E-state index is 0.251. The first kappa shape index (κ1) is 14.6. The van der Waals surface area contributed by atoms with Gasteiger partial charge in [-0.2, -0.15) is 4.98 Å². The van der Waals surface area contributed by atoms with Gasteiger partial charge in [0, 0.05) is 39.6 Å². The van der Waals surface area contributed by atoms with Crippen LogP contribution in [0.2, 0.25) is 0 Å². The van der Waals surface area contributed by atoms with Gasteiger partial charge in [-0.05, 0) is 30.8 Å². The maximum absolute atomic E-state index is 5.47. The highest BCUT2D eigenvalue weighted by Gasteiger charge is 2.31. The normalized spacial score (nSPS) is 22.1. The van der Waals surface area contributed by atoms with E-state index < -0.39 is 0 Å². The number of ether oxygens (including phenoxy) is 1. The fourth-order valence-electron chi connectivity index (χ4n) is 3.41. The zero-order valence-corrected chi connectivity index (χ0v) is 13.6. The molecular formula is C15H22N6O2. The summed E-state index contributed by atoms with van der Waals surface area (Å²) in [5.74, 6) is 1.60. The molecule has 1 atom stereocenters. The summed E-state index contributed by atoms with van der Waals surface area (Å²) in [6.45, 7) is 1.61. The quantitative estimate of drug-likeness (QED) is 0.845. The molecule has 0 saturated carbocycles. The first-order valence-electron chi connectivity index (χ1n) is 8.24. The van der Waals surface area contributed by atoms with Gasteiger partial charge in [0.25, 0.3) is 5.95 Å². The van der Waals surface area contributed by atoms with E-state index in [0.717, 1.165) is 56.9 Å². The second kappa shape index (κ2) is 5.92. The van der Waals surface area contributed by atoms with Gasteiger partial charge in [0.05, 0.1) is 17.4 Å². The summed E-state index contributed by atoms with van der Waals surface area (Å²) < 4.78 is 13.0. The fourth-order valence-corrected chi connectivity index (χ4v) is 3.41. The lowest BCUT2D eigenvalue weighted by Crippen LogP contribution is -2.24. The number of fused-ring (bicyclic) bond motifs is 1. The molecule has 3 heterocycles. The van der Waals surface area contributed by atoms with E-state index in [4.69, 9.17) is 9.26 Å². The van der Waals surface area contributed by atoms with Gasteiger partial charge in [-0.25, -0.2) is 4.68 Å². The van der Waals surface area contributed by atoms with Gasteiger partial charge in [-0.3, -0.25) is 0 Å². The van der Waals surface area contributed by atoms with Gasteiger partial charge in [-0.15, -0.1) is 5.10 Å². The molecule has 2 aromatic heterocycles. The number of anilines is 1. The van der Waals surface area contributed by atoms with Crippen LogP contribution < -0.4 is 4.90 Å². The number of hydrogen-bond acceptors (Lipinski definition) is 7. The summed E-state index contributed by atoms with van der Waals surface area (Å²) in [7, 11) is 3.83. The Labute approximate surface area is 134 Å². The third-order valence-electron chi connectivity index (χ3n) is 4.76. The van der Waals surface area contributed by atoms with Gasteiger partial charge in [-0.1, -0.05) is 5.21 Å². The molecule has 4 rings (SSSR count). The lowest BCUT2D eigenvalue weighted by molar-refractivity contribution is 0.0647. The highest BCUT2D eigenvalue weighted by Crippen LogP contribution is 2.33. The predicted octanol–water partition coefficient (Wildman–Crippen LogP) is 1.35. The second-order valence-electron chi connectivity index (χ2n) is 6.54. The van der Waals surface area contributed by atoms with E-state index in [-0.39, 0.29) is 5.92 Å². The van der Waals surface area contributed by atoms with Gasteiger partial charge in [0.15, 0.2) is 0 Å². The summed E-state index contributed by atoms with van der Waals surface area (Å²) >= 11 is 0. The van der Waals surface area contributed by atoms with E-state index >= 15 is 0 Å². The van der Waals surface area contributed by atoms with Crippen LogP contribution in [-0.2, 0) is 17.6 Å². The van der Waals surface area contributed by atoms with Crippen LogP contribution in [0.5, 0.6) is 0 Å². The Hall–Kier alpha value is -1.96. The maximum atomic E-state index is 5.47.